The summed E-state index contributed by atoms with van der Waals surface area (Å²) in [5.74, 6) is -1.78. The van der Waals surface area contributed by atoms with E-state index in [1.54, 1.807) is 24.3 Å². The van der Waals surface area contributed by atoms with E-state index in [0.29, 0.717) is 10.6 Å². The molecule has 0 N–H and O–H groups in total. The number of rotatable bonds is 4. The van der Waals surface area contributed by atoms with Gasteiger partial charge in [-0.2, -0.15) is 5.26 Å². The molecule has 1 atom stereocenters. The molecular weight excluding hydrogens is 312 g/mol. The molecule has 0 radical (unpaired) electrons. The first-order valence-corrected chi connectivity index (χ1v) is 6.91. The van der Waals surface area contributed by atoms with Crippen LogP contribution < -0.4 is 0 Å². The van der Waals surface area contributed by atoms with Gasteiger partial charge in [0, 0.05) is 27.6 Å². The van der Waals surface area contributed by atoms with Gasteiger partial charge in [0.15, 0.2) is 5.78 Å². The number of nitrogens with zero attached hydrogens (tertiary/aromatic N) is 1. The van der Waals surface area contributed by atoms with Gasteiger partial charge in [0.1, 0.15) is 5.82 Å². The fraction of sp³-hybridized carbons (Fsp3) is 0.125. The predicted octanol–water partition coefficient (Wildman–Crippen LogP) is 5.01. The van der Waals surface area contributed by atoms with E-state index in [0.717, 1.165) is 0 Å². The highest BCUT2D eigenvalue weighted by Crippen LogP contribution is 2.30. The fourth-order valence-electron chi connectivity index (χ4n) is 1.99. The summed E-state index contributed by atoms with van der Waals surface area (Å²) in [6, 6.07) is 12.4. The molecule has 2 aromatic rings. The van der Waals surface area contributed by atoms with E-state index in [-0.39, 0.29) is 22.8 Å². The molecule has 0 aliphatic heterocycles. The molecule has 0 amide bonds. The van der Waals surface area contributed by atoms with Crippen LogP contribution in [0, 0.1) is 17.1 Å². The maximum Gasteiger partial charge on any atom is 0.164 e. The molecule has 106 valence electrons. The van der Waals surface area contributed by atoms with Crippen molar-refractivity contribution >= 4 is 29.0 Å². The number of hydrogen-bond donors (Lipinski definition) is 0. The van der Waals surface area contributed by atoms with Crippen molar-refractivity contribution in [2.45, 2.75) is 12.3 Å². The lowest BCUT2D eigenvalue weighted by molar-refractivity contribution is 0.0979. The minimum Gasteiger partial charge on any atom is -0.294 e. The van der Waals surface area contributed by atoms with Gasteiger partial charge in [-0.1, -0.05) is 29.3 Å². The Hall–Kier alpha value is -1.89. The summed E-state index contributed by atoms with van der Waals surface area (Å²) >= 11 is 11.7. The van der Waals surface area contributed by atoms with E-state index in [9.17, 15) is 14.4 Å². The quantitative estimate of drug-likeness (QED) is 0.742. The Morgan fingerprint density at radius 3 is 2.43 bits per heavy atom. The number of nitriles is 1. The average molecular weight is 322 g/mol. The van der Waals surface area contributed by atoms with Crippen LogP contribution in [0.15, 0.2) is 42.5 Å². The molecule has 0 bridgehead atoms. The number of hydrogen-bond acceptors (Lipinski definition) is 2. The number of carbonyl (C=O) groups excluding carboxylic acids is 1. The highest BCUT2D eigenvalue weighted by atomic mass is 35.5. The maximum atomic E-state index is 13.8. The summed E-state index contributed by atoms with van der Waals surface area (Å²) in [5.41, 5.74) is 0.482. The third-order valence-corrected chi connectivity index (χ3v) is 3.64. The van der Waals surface area contributed by atoms with Crippen LogP contribution in [-0.4, -0.2) is 5.78 Å². The van der Waals surface area contributed by atoms with Crippen molar-refractivity contribution in [3.63, 3.8) is 0 Å². The smallest absolute Gasteiger partial charge is 0.164 e. The Balaban J connectivity index is 2.26. The second-order valence-electron chi connectivity index (χ2n) is 4.45. The number of ketones is 1. The molecule has 2 aromatic carbocycles. The van der Waals surface area contributed by atoms with Crippen molar-refractivity contribution in [2.75, 3.05) is 0 Å². The van der Waals surface area contributed by atoms with Gasteiger partial charge in [-0.25, -0.2) is 4.39 Å². The second-order valence-corrected chi connectivity index (χ2v) is 5.29. The lowest BCUT2D eigenvalue weighted by atomic mass is 9.92. The topological polar surface area (TPSA) is 40.9 Å². The average Bonchev–Trinajstić information content (AvgIpc) is 2.46. The summed E-state index contributed by atoms with van der Waals surface area (Å²) in [6.07, 6.45) is -0.140. The van der Waals surface area contributed by atoms with E-state index < -0.39 is 11.7 Å². The van der Waals surface area contributed by atoms with Crippen LogP contribution >= 0.6 is 23.2 Å². The molecule has 0 fully saturated rings. The molecule has 21 heavy (non-hydrogen) atoms. The third-order valence-electron chi connectivity index (χ3n) is 3.06. The number of Topliss-reactive ketones (excluding diaryl/α,β-unsaturated/α-hetero) is 1. The zero-order chi connectivity index (χ0) is 15.4. The summed E-state index contributed by atoms with van der Waals surface area (Å²) in [6.45, 7) is 0. The van der Waals surface area contributed by atoms with Crippen molar-refractivity contribution < 1.29 is 9.18 Å². The minimum atomic E-state index is -0.929. The molecule has 0 unspecified atom stereocenters. The first-order valence-electron chi connectivity index (χ1n) is 6.15. The van der Waals surface area contributed by atoms with Gasteiger partial charge in [0.25, 0.3) is 0 Å². The van der Waals surface area contributed by atoms with Gasteiger partial charge < -0.3 is 0 Å². The van der Waals surface area contributed by atoms with Crippen molar-refractivity contribution in [2.24, 2.45) is 0 Å². The molecule has 0 spiro atoms. The van der Waals surface area contributed by atoms with Gasteiger partial charge >= 0.3 is 0 Å². The molecule has 0 aliphatic rings. The number of benzene rings is 2. The minimum absolute atomic E-state index is 0.0592. The lowest BCUT2D eigenvalue weighted by Gasteiger charge is -2.11. The SMILES string of the molecule is N#C[C@H](CC(=O)c1ccc(Cl)cc1)c1c(F)cccc1Cl. The largest absolute Gasteiger partial charge is 0.294 e. The van der Waals surface area contributed by atoms with Crippen LogP contribution in [0.4, 0.5) is 4.39 Å². The maximum absolute atomic E-state index is 13.8. The molecule has 5 heteroatoms. The van der Waals surface area contributed by atoms with Gasteiger partial charge in [0.05, 0.1) is 12.0 Å². The summed E-state index contributed by atoms with van der Waals surface area (Å²) in [7, 11) is 0. The molecule has 0 heterocycles. The van der Waals surface area contributed by atoms with Crippen LogP contribution in [-0.2, 0) is 0 Å². The molecule has 0 saturated carbocycles. The molecule has 0 aliphatic carbocycles. The highest BCUT2D eigenvalue weighted by molar-refractivity contribution is 6.31. The van der Waals surface area contributed by atoms with Crippen LogP contribution in [0.5, 0.6) is 0 Å². The van der Waals surface area contributed by atoms with Gasteiger partial charge in [-0.3, -0.25) is 4.79 Å². The predicted molar refractivity (Wildman–Crippen MR) is 80.2 cm³/mol. The molecule has 0 aromatic heterocycles. The Kier molecular flexibility index (Phi) is 4.95. The highest BCUT2D eigenvalue weighted by Gasteiger charge is 2.22. The second kappa shape index (κ2) is 6.71. The van der Waals surface area contributed by atoms with Crippen LogP contribution in [0.3, 0.4) is 0 Å². The van der Waals surface area contributed by atoms with Gasteiger partial charge in [-0.15, -0.1) is 0 Å². The van der Waals surface area contributed by atoms with Gasteiger partial charge in [0.2, 0.25) is 0 Å². The van der Waals surface area contributed by atoms with E-state index in [2.05, 4.69) is 0 Å². The van der Waals surface area contributed by atoms with Crippen molar-refractivity contribution in [3.05, 3.63) is 69.5 Å². The Morgan fingerprint density at radius 2 is 1.86 bits per heavy atom. The number of halogens is 3. The third kappa shape index (κ3) is 3.60. The number of carbonyl (C=O) groups is 1. The Bertz CT molecular complexity index is 687. The molecule has 0 saturated heterocycles. The lowest BCUT2D eigenvalue weighted by Crippen LogP contribution is -2.08. The van der Waals surface area contributed by atoms with Crippen LogP contribution in [0.2, 0.25) is 10.0 Å². The van der Waals surface area contributed by atoms with E-state index >= 15 is 0 Å². The standard InChI is InChI=1S/C16H10Cl2FNO/c17-12-6-4-10(5-7-12)15(21)8-11(9-20)16-13(18)2-1-3-14(16)19/h1-7,11H,8H2/t11-/m0/s1. The first-order chi connectivity index (χ1) is 10.0. The van der Waals surface area contributed by atoms with Gasteiger partial charge in [-0.05, 0) is 36.4 Å². The molecule has 2 nitrogen and oxygen atoms in total. The monoisotopic (exact) mass is 321 g/mol. The summed E-state index contributed by atoms with van der Waals surface area (Å²) in [4.78, 5) is 12.2. The zero-order valence-corrected chi connectivity index (χ0v) is 12.3. The van der Waals surface area contributed by atoms with E-state index in [4.69, 9.17) is 23.2 Å². The Morgan fingerprint density at radius 1 is 1.19 bits per heavy atom. The normalized spacial score (nSPS) is 11.7. The van der Waals surface area contributed by atoms with Crippen molar-refractivity contribution in [1.82, 2.24) is 0 Å². The van der Waals surface area contributed by atoms with E-state index in [1.807, 2.05) is 6.07 Å². The fourth-order valence-corrected chi connectivity index (χ4v) is 2.42. The van der Waals surface area contributed by atoms with Crippen molar-refractivity contribution in [1.29, 1.82) is 5.26 Å². The summed E-state index contributed by atoms with van der Waals surface area (Å²) in [5, 5.41) is 9.88. The van der Waals surface area contributed by atoms with Crippen LogP contribution in [0.25, 0.3) is 0 Å². The van der Waals surface area contributed by atoms with Crippen molar-refractivity contribution in [3.8, 4) is 6.07 Å². The van der Waals surface area contributed by atoms with E-state index in [1.165, 1.54) is 18.2 Å². The summed E-state index contributed by atoms with van der Waals surface area (Å²) < 4.78 is 13.8. The molecule has 2 rings (SSSR count). The molecular formula is C16H10Cl2FNO. The van der Waals surface area contributed by atoms with Crippen LogP contribution in [0.1, 0.15) is 28.3 Å². The Labute approximate surface area is 131 Å². The zero-order valence-electron chi connectivity index (χ0n) is 10.8. The first kappa shape index (κ1) is 15.5.